The third-order valence-corrected chi connectivity index (χ3v) is 3.36. The number of rotatable bonds is 1. The summed E-state index contributed by atoms with van der Waals surface area (Å²) in [6.07, 6.45) is 3.55. The van der Waals surface area contributed by atoms with Crippen molar-refractivity contribution in [1.29, 1.82) is 0 Å². The smallest absolute Gasteiger partial charge is 0.118 e. The lowest BCUT2D eigenvalue weighted by Crippen LogP contribution is -1.99. The number of thiophene rings is 1. The van der Waals surface area contributed by atoms with Crippen molar-refractivity contribution >= 4 is 46.6 Å². The van der Waals surface area contributed by atoms with Crippen LogP contribution < -0.4 is 5.46 Å². The van der Waals surface area contributed by atoms with Crippen LogP contribution in [0.2, 0.25) is 0 Å². The lowest BCUT2D eigenvalue weighted by molar-refractivity contribution is 1.11. The molecule has 0 unspecified atom stereocenters. The summed E-state index contributed by atoms with van der Waals surface area (Å²) in [5, 5.41) is 2.90. The molecule has 12 heavy (non-hydrogen) atoms. The number of fused-ring (bicyclic) bond motifs is 1. The second-order valence-corrected chi connectivity index (χ2v) is 3.93. The third kappa shape index (κ3) is 1.13. The number of aromatic nitrogens is 2. The van der Waals surface area contributed by atoms with E-state index in [-0.39, 0.29) is 0 Å². The van der Waals surface area contributed by atoms with Crippen LogP contribution >= 0.6 is 23.1 Å². The van der Waals surface area contributed by atoms with Crippen molar-refractivity contribution in [2.45, 2.75) is 5.03 Å². The molecule has 58 valence electrons. The summed E-state index contributed by atoms with van der Waals surface area (Å²) >= 11 is 3.21. The van der Waals surface area contributed by atoms with Crippen molar-refractivity contribution < 1.29 is 0 Å². The number of hydrogen-bond acceptors (Lipinski definition) is 4. The minimum absolute atomic E-state index is 0.743. The molecular weight excluding hydrogens is 187 g/mol. The Labute approximate surface area is 79.8 Å². The Morgan fingerprint density at radius 2 is 2.33 bits per heavy atom. The molecule has 0 aliphatic carbocycles. The first kappa shape index (κ1) is 8.07. The molecule has 0 amide bonds. The highest BCUT2D eigenvalue weighted by molar-refractivity contribution is 7.98. The Balaban J connectivity index is 2.81. The van der Waals surface area contributed by atoms with Crippen molar-refractivity contribution in [2.24, 2.45) is 0 Å². The zero-order valence-corrected chi connectivity index (χ0v) is 8.08. The van der Waals surface area contributed by atoms with Gasteiger partial charge in [-0.15, -0.1) is 23.1 Å². The van der Waals surface area contributed by atoms with E-state index in [0.29, 0.717) is 0 Å². The van der Waals surface area contributed by atoms with Gasteiger partial charge in [-0.2, -0.15) is 0 Å². The van der Waals surface area contributed by atoms with Crippen LogP contribution in [-0.4, -0.2) is 24.1 Å². The molecule has 2 nitrogen and oxygen atoms in total. The number of hydrogen-bond donors (Lipinski definition) is 0. The topological polar surface area (TPSA) is 25.8 Å². The van der Waals surface area contributed by atoms with E-state index in [1.54, 1.807) is 29.4 Å². The molecule has 5 heteroatoms. The molecule has 0 atom stereocenters. The maximum Gasteiger partial charge on any atom is 0.118 e. The summed E-state index contributed by atoms with van der Waals surface area (Å²) in [5.41, 5.74) is 1.62. The second kappa shape index (κ2) is 3.07. The SMILES string of the molecule is [B]c1csc2c(SC)ncnc12. The number of nitrogens with zero attached hydrogens (tertiary/aromatic N) is 2. The fraction of sp³-hybridized carbons (Fsp3) is 0.143. The van der Waals surface area contributed by atoms with Crippen molar-refractivity contribution in [3.05, 3.63) is 11.7 Å². The molecule has 0 fully saturated rings. The maximum absolute atomic E-state index is 5.71. The molecule has 0 N–H and O–H groups in total. The van der Waals surface area contributed by atoms with E-state index in [0.717, 1.165) is 20.7 Å². The van der Waals surface area contributed by atoms with Gasteiger partial charge in [0.25, 0.3) is 0 Å². The van der Waals surface area contributed by atoms with Gasteiger partial charge < -0.3 is 0 Å². The first-order valence-electron chi connectivity index (χ1n) is 3.34. The minimum Gasteiger partial charge on any atom is -0.236 e. The molecule has 2 aromatic rings. The lowest BCUT2D eigenvalue weighted by Gasteiger charge is -1.95. The standard InChI is InChI=1S/C7H5BN2S2/c1-11-7-6-5(9-3-10-7)4(8)2-12-6/h2-3H,1H3. The zero-order chi connectivity index (χ0) is 8.55. The van der Waals surface area contributed by atoms with Crippen LogP contribution in [0.1, 0.15) is 0 Å². The summed E-state index contributed by atoms with van der Waals surface area (Å²) in [5.74, 6) is 0. The lowest BCUT2D eigenvalue weighted by atomic mass is 9.99. The predicted octanol–water partition coefficient (Wildman–Crippen LogP) is 1.21. The monoisotopic (exact) mass is 192 g/mol. The van der Waals surface area contributed by atoms with Crippen LogP contribution in [0.3, 0.4) is 0 Å². The van der Waals surface area contributed by atoms with Crippen LogP contribution in [0, 0.1) is 0 Å². The van der Waals surface area contributed by atoms with Crippen LogP contribution in [-0.2, 0) is 0 Å². The Hall–Kier alpha value is -0.545. The van der Waals surface area contributed by atoms with Gasteiger partial charge in [0, 0.05) is 0 Å². The van der Waals surface area contributed by atoms with E-state index in [1.807, 2.05) is 11.6 Å². The molecule has 0 aliphatic rings. The average Bonchev–Trinajstić information content (AvgIpc) is 2.48. The first-order valence-corrected chi connectivity index (χ1v) is 5.45. The van der Waals surface area contributed by atoms with Gasteiger partial charge in [0.15, 0.2) is 0 Å². The molecule has 2 rings (SSSR count). The van der Waals surface area contributed by atoms with Gasteiger partial charge in [-0.1, -0.05) is 5.46 Å². The van der Waals surface area contributed by atoms with Gasteiger partial charge in [0.2, 0.25) is 0 Å². The zero-order valence-electron chi connectivity index (χ0n) is 6.44. The van der Waals surface area contributed by atoms with Crippen molar-refractivity contribution in [2.75, 3.05) is 6.26 Å². The van der Waals surface area contributed by atoms with E-state index >= 15 is 0 Å². The fourth-order valence-corrected chi connectivity index (χ4v) is 2.61. The molecule has 0 aromatic carbocycles. The summed E-state index contributed by atoms with van der Waals surface area (Å²) in [6, 6.07) is 0. The molecule has 2 aromatic heterocycles. The van der Waals surface area contributed by atoms with E-state index in [9.17, 15) is 0 Å². The molecule has 0 bridgehead atoms. The molecule has 2 heterocycles. The average molecular weight is 192 g/mol. The van der Waals surface area contributed by atoms with Gasteiger partial charge in [0.05, 0.1) is 10.2 Å². The van der Waals surface area contributed by atoms with Crippen molar-refractivity contribution in [1.82, 2.24) is 9.97 Å². The highest BCUT2D eigenvalue weighted by Crippen LogP contribution is 2.25. The van der Waals surface area contributed by atoms with E-state index < -0.39 is 0 Å². The molecule has 0 saturated heterocycles. The van der Waals surface area contributed by atoms with E-state index in [4.69, 9.17) is 7.85 Å². The number of thioether (sulfide) groups is 1. The largest absolute Gasteiger partial charge is 0.236 e. The minimum atomic E-state index is 0.743. The van der Waals surface area contributed by atoms with Gasteiger partial charge in [-0.05, 0) is 11.6 Å². The van der Waals surface area contributed by atoms with Crippen LogP contribution in [0.5, 0.6) is 0 Å². The van der Waals surface area contributed by atoms with Crippen LogP contribution in [0.15, 0.2) is 16.7 Å². The quantitative estimate of drug-likeness (QED) is 0.385. The van der Waals surface area contributed by atoms with Gasteiger partial charge in [-0.25, -0.2) is 9.97 Å². The Morgan fingerprint density at radius 3 is 3.08 bits per heavy atom. The van der Waals surface area contributed by atoms with Crippen molar-refractivity contribution in [3.63, 3.8) is 0 Å². The summed E-state index contributed by atoms with van der Waals surface area (Å²) in [4.78, 5) is 8.26. The summed E-state index contributed by atoms with van der Waals surface area (Å²) in [6.45, 7) is 0. The molecule has 0 spiro atoms. The third-order valence-electron chi connectivity index (χ3n) is 1.54. The van der Waals surface area contributed by atoms with Crippen LogP contribution in [0.4, 0.5) is 0 Å². The summed E-state index contributed by atoms with van der Waals surface area (Å²) in [7, 11) is 5.71. The van der Waals surface area contributed by atoms with Crippen LogP contribution in [0.25, 0.3) is 10.2 Å². The molecule has 0 saturated carbocycles. The maximum atomic E-state index is 5.71. The molecular formula is C7H5BN2S2. The predicted molar refractivity (Wildman–Crippen MR) is 54.6 cm³/mol. The van der Waals surface area contributed by atoms with Gasteiger partial charge in [-0.3, -0.25) is 0 Å². The van der Waals surface area contributed by atoms with Crippen molar-refractivity contribution in [3.8, 4) is 0 Å². The Bertz CT molecular complexity index is 413. The van der Waals surface area contributed by atoms with Gasteiger partial charge in [0.1, 0.15) is 19.2 Å². The highest BCUT2D eigenvalue weighted by atomic mass is 32.2. The normalized spacial score (nSPS) is 10.8. The molecule has 0 aliphatic heterocycles. The van der Waals surface area contributed by atoms with Gasteiger partial charge >= 0.3 is 0 Å². The fourth-order valence-electron chi connectivity index (χ4n) is 0.993. The molecule has 2 radical (unpaired) electrons. The summed E-state index contributed by atoms with van der Waals surface area (Å²) < 4.78 is 1.09. The first-order chi connectivity index (χ1) is 5.83. The Kier molecular flexibility index (Phi) is 2.06. The Morgan fingerprint density at radius 1 is 1.50 bits per heavy atom. The van der Waals surface area contributed by atoms with E-state index in [1.165, 1.54) is 0 Å². The second-order valence-electron chi connectivity index (χ2n) is 2.25. The van der Waals surface area contributed by atoms with E-state index in [2.05, 4.69) is 9.97 Å². The highest BCUT2D eigenvalue weighted by Gasteiger charge is 2.05.